The first kappa shape index (κ1) is 23.2. The summed E-state index contributed by atoms with van der Waals surface area (Å²) in [4.78, 5) is 28.7. The molecule has 1 saturated heterocycles. The number of nitrogens with zero attached hydrogens (tertiary/aromatic N) is 2. The molecule has 1 fully saturated rings. The van der Waals surface area contributed by atoms with E-state index in [-0.39, 0.29) is 11.8 Å². The van der Waals surface area contributed by atoms with Gasteiger partial charge in [-0.25, -0.2) is 0 Å². The van der Waals surface area contributed by atoms with Gasteiger partial charge in [-0.15, -0.1) is 0 Å². The second-order valence-corrected chi connectivity index (χ2v) is 7.42. The Morgan fingerprint density at radius 3 is 2.47 bits per heavy atom. The van der Waals surface area contributed by atoms with Crippen molar-refractivity contribution in [2.24, 2.45) is 0 Å². The third kappa shape index (κ3) is 6.51. The van der Waals surface area contributed by atoms with E-state index in [4.69, 9.17) is 9.47 Å². The van der Waals surface area contributed by atoms with Gasteiger partial charge in [0, 0.05) is 50.9 Å². The van der Waals surface area contributed by atoms with E-state index in [2.05, 4.69) is 22.3 Å². The van der Waals surface area contributed by atoms with Crippen molar-refractivity contribution in [3.8, 4) is 11.5 Å². The first-order valence-corrected chi connectivity index (χ1v) is 10.9. The Balaban J connectivity index is 1.40. The standard InChI is InChI=1S/C25H31N3O4/c1-3-32-23-19-20(9-11-22(23)31-2)10-12-24(29)26-14-13-25(30)28-17-15-27(16-18-28)21-7-5-4-6-8-21/h4-12,19H,3,13-18H2,1-2H3,(H,26,29)/b12-10+. The summed E-state index contributed by atoms with van der Waals surface area (Å²) < 4.78 is 10.8. The van der Waals surface area contributed by atoms with Crippen molar-refractivity contribution in [2.75, 3.05) is 51.3 Å². The minimum absolute atomic E-state index is 0.0681. The molecule has 0 atom stereocenters. The summed E-state index contributed by atoms with van der Waals surface area (Å²) in [6.07, 6.45) is 3.46. The number of methoxy groups -OCH3 is 1. The number of benzene rings is 2. The van der Waals surface area contributed by atoms with Crippen molar-refractivity contribution >= 4 is 23.6 Å². The predicted molar refractivity (Wildman–Crippen MR) is 126 cm³/mol. The van der Waals surface area contributed by atoms with Gasteiger partial charge in [-0.1, -0.05) is 24.3 Å². The Hall–Kier alpha value is -3.48. The van der Waals surface area contributed by atoms with Gasteiger partial charge in [0.25, 0.3) is 0 Å². The molecule has 0 unspecified atom stereocenters. The van der Waals surface area contributed by atoms with Gasteiger partial charge < -0.3 is 24.6 Å². The third-order valence-corrected chi connectivity index (χ3v) is 5.31. The molecule has 1 N–H and O–H groups in total. The van der Waals surface area contributed by atoms with E-state index in [9.17, 15) is 9.59 Å². The topological polar surface area (TPSA) is 71.1 Å². The number of ether oxygens (including phenoxy) is 2. The normalized spacial score (nSPS) is 13.8. The fourth-order valence-corrected chi connectivity index (χ4v) is 3.60. The van der Waals surface area contributed by atoms with Gasteiger partial charge in [-0.3, -0.25) is 9.59 Å². The number of piperazine rings is 1. The van der Waals surface area contributed by atoms with Gasteiger partial charge in [0.1, 0.15) is 0 Å². The molecule has 0 radical (unpaired) electrons. The Bertz CT molecular complexity index is 922. The van der Waals surface area contributed by atoms with E-state index in [1.165, 1.54) is 11.8 Å². The van der Waals surface area contributed by atoms with Crippen molar-refractivity contribution in [2.45, 2.75) is 13.3 Å². The zero-order valence-corrected chi connectivity index (χ0v) is 18.8. The monoisotopic (exact) mass is 437 g/mol. The SMILES string of the molecule is CCOc1cc(/C=C/C(=O)NCCC(=O)N2CCN(c3ccccc3)CC2)ccc1OC. The van der Waals surface area contributed by atoms with Crippen LogP contribution in [0.25, 0.3) is 6.08 Å². The Morgan fingerprint density at radius 1 is 1.03 bits per heavy atom. The number of hydrogen-bond donors (Lipinski definition) is 1. The molecule has 0 bridgehead atoms. The number of hydrogen-bond acceptors (Lipinski definition) is 5. The van der Waals surface area contributed by atoms with Crippen LogP contribution in [-0.4, -0.2) is 63.2 Å². The molecule has 0 spiro atoms. The molecule has 1 aliphatic rings. The van der Waals surface area contributed by atoms with Crippen LogP contribution in [0.5, 0.6) is 11.5 Å². The molecule has 170 valence electrons. The second-order valence-electron chi connectivity index (χ2n) is 7.42. The lowest BCUT2D eigenvalue weighted by molar-refractivity contribution is -0.131. The fourth-order valence-electron chi connectivity index (χ4n) is 3.60. The number of rotatable bonds is 9. The van der Waals surface area contributed by atoms with Crippen LogP contribution in [0.15, 0.2) is 54.6 Å². The van der Waals surface area contributed by atoms with Crippen LogP contribution >= 0.6 is 0 Å². The van der Waals surface area contributed by atoms with Crippen LogP contribution < -0.4 is 19.7 Å². The predicted octanol–water partition coefficient (Wildman–Crippen LogP) is 2.96. The number of carbonyl (C=O) groups excluding carboxylic acids is 2. The molecule has 2 amide bonds. The molecule has 7 nitrogen and oxygen atoms in total. The third-order valence-electron chi connectivity index (χ3n) is 5.31. The van der Waals surface area contributed by atoms with Crippen LogP contribution in [0.2, 0.25) is 0 Å². The molecule has 1 aliphatic heterocycles. The quantitative estimate of drug-likeness (QED) is 0.611. The summed E-state index contributed by atoms with van der Waals surface area (Å²) >= 11 is 0. The van der Waals surface area contributed by atoms with Crippen molar-refractivity contribution in [3.63, 3.8) is 0 Å². The maximum absolute atomic E-state index is 12.5. The van der Waals surface area contributed by atoms with Gasteiger partial charge in [-0.05, 0) is 42.8 Å². The summed E-state index contributed by atoms with van der Waals surface area (Å²) in [5.41, 5.74) is 2.01. The van der Waals surface area contributed by atoms with E-state index in [1.807, 2.05) is 42.2 Å². The average molecular weight is 438 g/mol. The molecule has 0 saturated carbocycles. The molecule has 0 aliphatic carbocycles. The maximum atomic E-state index is 12.5. The van der Waals surface area contributed by atoms with E-state index >= 15 is 0 Å². The molecular weight excluding hydrogens is 406 g/mol. The first-order valence-electron chi connectivity index (χ1n) is 10.9. The van der Waals surface area contributed by atoms with Crippen LogP contribution in [0.1, 0.15) is 18.9 Å². The zero-order valence-electron chi connectivity index (χ0n) is 18.8. The van der Waals surface area contributed by atoms with Gasteiger partial charge in [0.15, 0.2) is 11.5 Å². The highest BCUT2D eigenvalue weighted by Gasteiger charge is 2.20. The lowest BCUT2D eigenvalue weighted by Crippen LogP contribution is -2.49. The van der Waals surface area contributed by atoms with Crippen molar-refractivity contribution < 1.29 is 19.1 Å². The van der Waals surface area contributed by atoms with Gasteiger partial charge >= 0.3 is 0 Å². The number of anilines is 1. The lowest BCUT2D eigenvalue weighted by Gasteiger charge is -2.36. The summed E-state index contributed by atoms with van der Waals surface area (Å²) in [6, 6.07) is 15.7. The molecule has 3 rings (SSSR count). The molecule has 0 aromatic heterocycles. The average Bonchev–Trinajstić information content (AvgIpc) is 2.83. The molecule has 32 heavy (non-hydrogen) atoms. The summed E-state index contributed by atoms with van der Waals surface area (Å²) in [5, 5.41) is 2.78. The smallest absolute Gasteiger partial charge is 0.244 e. The first-order chi connectivity index (χ1) is 15.6. The highest BCUT2D eigenvalue weighted by molar-refractivity contribution is 5.92. The van der Waals surface area contributed by atoms with Crippen molar-refractivity contribution in [3.05, 3.63) is 60.2 Å². The second kappa shape index (κ2) is 11.8. The minimum atomic E-state index is -0.236. The van der Waals surface area contributed by atoms with Crippen LogP contribution in [-0.2, 0) is 9.59 Å². The maximum Gasteiger partial charge on any atom is 0.244 e. The van der Waals surface area contributed by atoms with E-state index in [0.717, 1.165) is 18.7 Å². The summed E-state index contributed by atoms with van der Waals surface area (Å²) in [5.74, 6) is 1.12. The van der Waals surface area contributed by atoms with E-state index in [0.29, 0.717) is 44.2 Å². The molecule has 2 aromatic rings. The number of para-hydroxylation sites is 1. The van der Waals surface area contributed by atoms with Crippen LogP contribution in [0.4, 0.5) is 5.69 Å². The van der Waals surface area contributed by atoms with Gasteiger partial charge in [0.05, 0.1) is 13.7 Å². The van der Waals surface area contributed by atoms with E-state index in [1.54, 1.807) is 19.3 Å². The molecule has 1 heterocycles. The Morgan fingerprint density at radius 2 is 1.78 bits per heavy atom. The number of nitrogens with one attached hydrogen (secondary N) is 1. The fraction of sp³-hybridized carbons (Fsp3) is 0.360. The number of carbonyl (C=O) groups is 2. The number of amides is 2. The molecule has 7 heteroatoms. The highest BCUT2D eigenvalue weighted by Crippen LogP contribution is 2.28. The lowest BCUT2D eigenvalue weighted by atomic mass is 10.2. The molecule has 2 aromatic carbocycles. The van der Waals surface area contributed by atoms with Gasteiger partial charge in [-0.2, -0.15) is 0 Å². The van der Waals surface area contributed by atoms with E-state index < -0.39 is 0 Å². The molecular formula is C25H31N3O4. The Kier molecular flexibility index (Phi) is 8.54. The van der Waals surface area contributed by atoms with Crippen LogP contribution in [0, 0.1) is 0 Å². The summed E-state index contributed by atoms with van der Waals surface area (Å²) in [7, 11) is 1.59. The summed E-state index contributed by atoms with van der Waals surface area (Å²) in [6.45, 7) is 5.77. The zero-order chi connectivity index (χ0) is 22.8. The van der Waals surface area contributed by atoms with Crippen LogP contribution in [0.3, 0.4) is 0 Å². The Labute approximate surface area is 189 Å². The van der Waals surface area contributed by atoms with Gasteiger partial charge in [0.2, 0.25) is 11.8 Å². The minimum Gasteiger partial charge on any atom is -0.493 e. The van der Waals surface area contributed by atoms with Crippen molar-refractivity contribution in [1.29, 1.82) is 0 Å². The highest BCUT2D eigenvalue weighted by atomic mass is 16.5. The largest absolute Gasteiger partial charge is 0.493 e. The van der Waals surface area contributed by atoms with Crippen molar-refractivity contribution in [1.82, 2.24) is 10.2 Å².